The Labute approximate surface area is 162 Å². The Kier molecular flexibility index (Phi) is 5.79. The molecule has 3 aromatic rings. The van der Waals surface area contributed by atoms with Crippen LogP contribution in [0.1, 0.15) is 33.2 Å². The number of nitrogens with one attached hydrogen (secondary N) is 2. The molecule has 28 heavy (non-hydrogen) atoms. The highest BCUT2D eigenvalue weighted by Crippen LogP contribution is 2.22. The van der Waals surface area contributed by atoms with E-state index in [-0.39, 0.29) is 5.69 Å². The fraction of sp³-hybridized carbons (Fsp3) is 0.136. The van der Waals surface area contributed by atoms with Crippen molar-refractivity contribution in [3.05, 3.63) is 95.1 Å². The van der Waals surface area contributed by atoms with Gasteiger partial charge in [0, 0.05) is 11.9 Å². The van der Waals surface area contributed by atoms with Gasteiger partial charge in [0.1, 0.15) is 17.6 Å². The Morgan fingerprint density at radius 3 is 2.21 bits per heavy atom. The lowest BCUT2D eigenvalue weighted by atomic mass is 10.0. The number of amides is 2. The molecule has 0 fully saturated rings. The van der Waals surface area contributed by atoms with Gasteiger partial charge < -0.3 is 10.6 Å². The first kappa shape index (κ1) is 19.2. The minimum absolute atomic E-state index is 0.189. The largest absolute Gasteiger partial charge is 0.335 e. The minimum Gasteiger partial charge on any atom is -0.335 e. The molecule has 0 aliphatic carbocycles. The third-order valence-electron chi connectivity index (χ3n) is 4.37. The number of aromatic nitrogens is 1. The van der Waals surface area contributed by atoms with E-state index in [2.05, 4.69) is 15.6 Å². The fourth-order valence-electron chi connectivity index (χ4n) is 2.86. The third kappa shape index (κ3) is 4.40. The Balaban J connectivity index is 1.90. The number of pyridine rings is 1. The predicted octanol–water partition coefficient (Wildman–Crippen LogP) is 3.95. The normalized spacial score (nSPS) is 11.5. The van der Waals surface area contributed by atoms with E-state index in [1.807, 2.05) is 32.0 Å². The maximum Gasteiger partial charge on any atom is 0.270 e. The maximum atomic E-state index is 13.3. The SMILES string of the molecule is Cc1cccc(C)c1NC(=O)C(NC(=O)c1ccccn1)c1ccc(F)cc1. The molecule has 1 aromatic heterocycles. The molecule has 1 unspecified atom stereocenters. The first-order chi connectivity index (χ1) is 13.5. The maximum absolute atomic E-state index is 13.3. The first-order valence-electron chi connectivity index (χ1n) is 8.80. The Hall–Kier alpha value is -3.54. The van der Waals surface area contributed by atoms with E-state index in [4.69, 9.17) is 0 Å². The van der Waals surface area contributed by atoms with Gasteiger partial charge in [0.2, 0.25) is 0 Å². The molecule has 0 bridgehead atoms. The number of carbonyl (C=O) groups excluding carboxylic acids is 2. The van der Waals surface area contributed by atoms with E-state index in [0.717, 1.165) is 11.1 Å². The summed E-state index contributed by atoms with van der Waals surface area (Å²) in [6, 6.07) is 15.1. The molecule has 2 N–H and O–H groups in total. The topological polar surface area (TPSA) is 71.1 Å². The van der Waals surface area contributed by atoms with Crippen LogP contribution >= 0.6 is 0 Å². The molecule has 0 aliphatic heterocycles. The van der Waals surface area contributed by atoms with Crippen molar-refractivity contribution in [1.29, 1.82) is 0 Å². The Morgan fingerprint density at radius 2 is 1.61 bits per heavy atom. The average molecular weight is 377 g/mol. The van der Waals surface area contributed by atoms with Crippen molar-refractivity contribution in [2.75, 3.05) is 5.32 Å². The summed E-state index contributed by atoms with van der Waals surface area (Å²) >= 11 is 0. The smallest absolute Gasteiger partial charge is 0.270 e. The van der Waals surface area contributed by atoms with Crippen LogP contribution in [-0.4, -0.2) is 16.8 Å². The van der Waals surface area contributed by atoms with Gasteiger partial charge in [-0.25, -0.2) is 4.39 Å². The molecular formula is C22H20FN3O2. The van der Waals surface area contributed by atoms with Crippen LogP contribution in [0, 0.1) is 19.7 Å². The van der Waals surface area contributed by atoms with Crippen LogP contribution in [0.25, 0.3) is 0 Å². The summed E-state index contributed by atoms with van der Waals surface area (Å²) < 4.78 is 13.3. The molecule has 142 valence electrons. The van der Waals surface area contributed by atoms with Crippen LogP contribution in [0.2, 0.25) is 0 Å². The summed E-state index contributed by atoms with van der Waals surface area (Å²) in [6.07, 6.45) is 1.50. The molecule has 0 aliphatic rings. The van der Waals surface area contributed by atoms with Crippen molar-refractivity contribution in [3.8, 4) is 0 Å². The standard InChI is InChI=1S/C22H20FN3O2/c1-14-6-5-7-15(2)19(14)25-22(28)20(16-9-11-17(23)12-10-16)26-21(27)18-8-3-4-13-24-18/h3-13,20H,1-2H3,(H,25,28)(H,26,27). The number of benzene rings is 2. The van der Waals surface area contributed by atoms with E-state index in [9.17, 15) is 14.0 Å². The van der Waals surface area contributed by atoms with Crippen LogP contribution in [-0.2, 0) is 4.79 Å². The van der Waals surface area contributed by atoms with E-state index >= 15 is 0 Å². The molecule has 0 saturated carbocycles. The fourth-order valence-corrected chi connectivity index (χ4v) is 2.86. The van der Waals surface area contributed by atoms with Crippen LogP contribution in [0.15, 0.2) is 66.9 Å². The molecule has 3 rings (SSSR count). The summed E-state index contributed by atoms with van der Waals surface area (Å²) in [6.45, 7) is 3.78. The lowest BCUT2D eigenvalue weighted by Gasteiger charge is -2.20. The number of hydrogen-bond donors (Lipinski definition) is 2. The van der Waals surface area contributed by atoms with Gasteiger partial charge in [0.05, 0.1) is 0 Å². The highest BCUT2D eigenvalue weighted by atomic mass is 19.1. The molecular weight excluding hydrogens is 357 g/mol. The summed E-state index contributed by atoms with van der Waals surface area (Å²) in [5.41, 5.74) is 3.15. The number of rotatable bonds is 5. The van der Waals surface area contributed by atoms with Crippen molar-refractivity contribution >= 4 is 17.5 Å². The van der Waals surface area contributed by atoms with Gasteiger partial charge in [-0.15, -0.1) is 0 Å². The highest BCUT2D eigenvalue weighted by Gasteiger charge is 2.25. The highest BCUT2D eigenvalue weighted by molar-refractivity contribution is 6.01. The molecule has 6 heteroatoms. The molecule has 0 radical (unpaired) electrons. The molecule has 2 amide bonds. The molecule has 5 nitrogen and oxygen atoms in total. The van der Waals surface area contributed by atoms with Crippen LogP contribution < -0.4 is 10.6 Å². The monoisotopic (exact) mass is 377 g/mol. The minimum atomic E-state index is -1.01. The molecule has 0 saturated heterocycles. The number of anilines is 1. The predicted molar refractivity (Wildman–Crippen MR) is 105 cm³/mol. The molecule has 0 spiro atoms. The number of hydrogen-bond acceptors (Lipinski definition) is 3. The first-order valence-corrected chi connectivity index (χ1v) is 8.80. The van der Waals surface area contributed by atoms with Gasteiger partial charge in [-0.3, -0.25) is 14.6 Å². The van der Waals surface area contributed by atoms with Crippen LogP contribution in [0.3, 0.4) is 0 Å². The quantitative estimate of drug-likeness (QED) is 0.707. The second-order valence-corrected chi connectivity index (χ2v) is 6.43. The number of para-hydroxylation sites is 1. The lowest BCUT2D eigenvalue weighted by molar-refractivity contribution is -0.118. The third-order valence-corrected chi connectivity index (χ3v) is 4.37. The van der Waals surface area contributed by atoms with Gasteiger partial charge >= 0.3 is 0 Å². The summed E-state index contributed by atoms with van der Waals surface area (Å²) in [4.78, 5) is 29.6. The van der Waals surface area contributed by atoms with Crippen molar-refractivity contribution in [3.63, 3.8) is 0 Å². The zero-order chi connectivity index (χ0) is 20.1. The van der Waals surface area contributed by atoms with Gasteiger partial charge in [0.15, 0.2) is 0 Å². The van der Waals surface area contributed by atoms with Gasteiger partial charge in [-0.1, -0.05) is 36.4 Å². The zero-order valence-electron chi connectivity index (χ0n) is 15.6. The van der Waals surface area contributed by atoms with E-state index in [1.165, 1.54) is 30.5 Å². The number of halogens is 1. The van der Waals surface area contributed by atoms with Crippen molar-refractivity contribution < 1.29 is 14.0 Å². The second-order valence-electron chi connectivity index (χ2n) is 6.43. The van der Waals surface area contributed by atoms with Crippen LogP contribution in [0.5, 0.6) is 0 Å². The molecule has 2 aromatic carbocycles. The van der Waals surface area contributed by atoms with Gasteiger partial charge in [-0.2, -0.15) is 0 Å². The van der Waals surface area contributed by atoms with Gasteiger partial charge in [0.25, 0.3) is 11.8 Å². The van der Waals surface area contributed by atoms with E-state index in [1.54, 1.807) is 18.2 Å². The number of aryl methyl sites for hydroxylation is 2. The van der Waals surface area contributed by atoms with E-state index < -0.39 is 23.7 Å². The Bertz CT molecular complexity index is 968. The average Bonchev–Trinajstić information content (AvgIpc) is 2.70. The van der Waals surface area contributed by atoms with E-state index in [0.29, 0.717) is 11.3 Å². The van der Waals surface area contributed by atoms with Crippen molar-refractivity contribution in [1.82, 2.24) is 10.3 Å². The van der Waals surface area contributed by atoms with Gasteiger partial charge in [-0.05, 0) is 54.8 Å². The zero-order valence-corrected chi connectivity index (χ0v) is 15.6. The number of nitrogens with zero attached hydrogens (tertiary/aromatic N) is 1. The second kappa shape index (κ2) is 8.43. The molecule has 1 atom stereocenters. The van der Waals surface area contributed by atoms with Crippen LogP contribution in [0.4, 0.5) is 10.1 Å². The van der Waals surface area contributed by atoms with Crippen molar-refractivity contribution in [2.24, 2.45) is 0 Å². The summed E-state index contributed by atoms with van der Waals surface area (Å²) in [5.74, 6) is -1.34. The lowest BCUT2D eigenvalue weighted by Crippen LogP contribution is -2.37. The molecule has 1 heterocycles. The summed E-state index contributed by atoms with van der Waals surface area (Å²) in [7, 11) is 0. The van der Waals surface area contributed by atoms with Crippen molar-refractivity contribution in [2.45, 2.75) is 19.9 Å². The summed E-state index contributed by atoms with van der Waals surface area (Å²) in [5, 5.41) is 5.57. The Morgan fingerprint density at radius 1 is 0.929 bits per heavy atom. The number of carbonyl (C=O) groups is 2.